The lowest BCUT2D eigenvalue weighted by atomic mass is 10.0. The van der Waals surface area contributed by atoms with Gasteiger partial charge in [0.15, 0.2) is 5.01 Å². The van der Waals surface area contributed by atoms with Crippen molar-refractivity contribution in [1.29, 1.82) is 0 Å². The van der Waals surface area contributed by atoms with Crippen molar-refractivity contribution >= 4 is 46.2 Å². The van der Waals surface area contributed by atoms with Crippen molar-refractivity contribution in [3.63, 3.8) is 0 Å². The fourth-order valence-electron chi connectivity index (χ4n) is 9.36. The first kappa shape index (κ1) is 44.4. The van der Waals surface area contributed by atoms with Gasteiger partial charge in [-0.25, -0.2) is 23.9 Å². The van der Waals surface area contributed by atoms with Crippen molar-refractivity contribution in [1.82, 2.24) is 55.1 Å². The summed E-state index contributed by atoms with van der Waals surface area (Å²) in [6, 6.07) is 8.92. The molecule has 2 aromatic carbocycles. The number of methoxy groups -OCH3 is 2. The summed E-state index contributed by atoms with van der Waals surface area (Å²) in [7, 11) is 2.53. The molecule has 66 heavy (non-hydrogen) atoms. The van der Waals surface area contributed by atoms with Gasteiger partial charge in [0.1, 0.15) is 40.3 Å². The third kappa shape index (κ3) is 8.11. The summed E-state index contributed by atoms with van der Waals surface area (Å²) in [6.45, 7) is 10.4. The van der Waals surface area contributed by atoms with Crippen molar-refractivity contribution in [2.24, 2.45) is 11.8 Å². The van der Waals surface area contributed by atoms with Crippen LogP contribution in [0.3, 0.4) is 0 Å². The Morgan fingerprint density at radius 1 is 0.803 bits per heavy atom. The van der Waals surface area contributed by atoms with E-state index in [9.17, 15) is 19.2 Å². The normalized spacial score (nSPS) is 18.8. The second kappa shape index (κ2) is 17.9. The average molecular weight is 922 g/mol. The number of alkyl carbamates (subject to hydrolysis) is 2. The van der Waals surface area contributed by atoms with E-state index in [-0.39, 0.29) is 41.3 Å². The average Bonchev–Trinajstić information content (AvgIpc) is 4.16. The number of likely N-dealkylation sites (tertiary alicyclic amines) is 2. The number of rotatable bonds is 11. The van der Waals surface area contributed by atoms with Crippen LogP contribution in [0.1, 0.15) is 93.4 Å². The Morgan fingerprint density at radius 3 is 1.91 bits per heavy atom. The SMILES string of the molecule is COC(=O)N[C@H](C(=O)N1CCC[C@@H]1c1ncc(-c2ccc3c(c2)cc2n3C(c3nnc(C)s3)Oc3cc(-c4cnc([C@H]5CCCN5C(=O)[C@H](NC(=O)OC)C(C)C)[nH]4)cc(F)c3-2)[nH]1)C(C)C. The molecule has 4 aromatic heterocycles. The maximum Gasteiger partial charge on any atom is 0.407 e. The van der Waals surface area contributed by atoms with E-state index in [2.05, 4.69) is 35.8 Å². The van der Waals surface area contributed by atoms with Crippen LogP contribution in [0.15, 0.2) is 48.8 Å². The number of carbonyl (C=O) groups is 4. The number of nitrogens with one attached hydrogen (secondary N) is 4. The highest BCUT2D eigenvalue weighted by molar-refractivity contribution is 7.11. The van der Waals surface area contributed by atoms with Gasteiger partial charge < -0.3 is 44.6 Å². The van der Waals surface area contributed by atoms with Crippen LogP contribution in [-0.4, -0.2) is 108 Å². The summed E-state index contributed by atoms with van der Waals surface area (Å²) in [6.07, 6.45) is 4.20. The van der Waals surface area contributed by atoms with Crippen molar-refractivity contribution in [3.05, 3.63) is 76.3 Å². The molecule has 0 radical (unpaired) electrons. The number of benzene rings is 2. The molecular formula is C46H52FN11O7S. The maximum atomic E-state index is 16.8. The minimum atomic E-state index is -0.779. The van der Waals surface area contributed by atoms with Crippen LogP contribution in [0.5, 0.6) is 5.75 Å². The van der Waals surface area contributed by atoms with Gasteiger partial charge in [0.25, 0.3) is 0 Å². The van der Waals surface area contributed by atoms with Crippen molar-refractivity contribution in [2.75, 3.05) is 27.3 Å². The molecule has 18 nitrogen and oxygen atoms in total. The van der Waals surface area contributed by atoms with Crippen LogP contribution in [0.2, 0.25) is 0 Å². The second-order valence-corrected chi connectivity index (χ2v) is 18.8. The van der Waals surface area contributed by atoms with Crippen molar-refractivity contribution < 1.29 is 37.8 Å². The summed E-state index contributed by atoms with van der Waals surface area (Å²) in [5, 5.41) is 16.3. The molecule has 1 unspecified atom stereocenters. The molecule has 346 valence electrons. The molecule has 0 aliphatic carbocycles. The molecule has 2 fully saturated rings. The van der Waals surface area contributed by atoms with Gasteiger partial charge in [0.05, 0.1) is 66.9 Å². The van der Waals surface area contributed by atoms with Crippen LogP contribution in [0.4, 0.5) is 14.0 Å². The maximum absolute atomic E-state index is 16.8. The Labute approximate surface area is 383 Å². The van der Waals surface area contributed by atoms with E-state index >= 15 is 4.39 Å². The number of nitrogens with zero attached hydrogens (tertiary/aromatic N) is 7. The molecule has 2 saturated heterocycles. The number of amides is 4. The highest BCUT2D eigenvalue weighted by Gasteiger charge is 2.40. The van der Waals surface area contributed by atoms with E-state index in [1.165, 1.54) is 31.6 Å². The third-order valence-corrected chi connectivity index (χ3v) is 13.5. The molecule has 0 spiro atoms. The first-order valence-corrected chi connectivity index (χ1v) is 22.9. The Balaban J connectivity index is 1.02. The van der Waals surface area contributed by atoms with Gasteiger partial charge in [-0.1, -0.05) is 45.1 Å². The van der Waals surface area contributed by atoms with E-state index in [0.29, 0.717) is 65.3 Å². The monoisotopic (exact) mass is 921 g/mol. The van der Waals surface area contributed by atoms with E-state index in [1.807, 2.05) is 63.5 Å². The number of ether oxygens (including phenoxy) is 3. The van der Waals surface area contributed by atoms with Crippen LogP contribution < -0.4 is 15.4 Å². The molecule has 6 aromatic rings. The standard InChI is InChI=1S/C46H52FN11O7S/c1-22(2)37(52-45(61)63-6)42(59)56-14-8-10-32(56)39-48-20-29(50-39)25-12-13-31-27(16-25)18-34-36-28(47)17-26(19-35(36)65-44(58(31)34)41-55-54-24(5)66-41)30-21-49-40(51-30)33-11-9-15-57(33)43(60)38(23(3)4)53-46(62)64-7/h12-13,16-23,32-33,37-38,44H,8-11,14-15H2,1-7H3,(H,48,50)(H,49,51)(H,52,61)(H,53,62)/t32-,33-,37+,38-,44?/m1/s1. The molecule has 5 atom stereocenters. The Morgan fingerprint density at radius 2 is 1.38 bits per heavy atom. The van der Waals surface area contributed by atoms with Gasteiger partial charge in [-0.05, 0) is 74.8 Å². The minimum absolute atomic E-state index is 0.158. The molecule has 9 rings (SSSR count). The summed E-state index contributed by atoms with van der Waals surface area (Å²) in [5.74, 6) is 0.255. The molecular weight excluding hydrogens is 870 g/mol. The Kier molecular flexibility index (Phi) is 12.0. The lowest BCUT2D eigenvalue weighted by Gasteiger charge is -2.30. The van der Waals surface area contributed by atoms with Crippen LogP contribution in [-0.2, 0) is 19.1 Å². The van der Waals surface area contributed by atoms with E-state index < -0.39 is 36.3 Å². The molecule has 7 heterocycles. The summed E-state index contributed by atoms with van der Waals surface area (Å²) in [4.78, 5) is 71.4. The van der Waals surface area contributed by atoms with Crippen LogP contribution in [0, 0.1) is 24.6 Å². The number of aromatic nitrogens is 7. The number of carbonyl (C=O) groups excluding carboxylic acids is 4. The molecule has 0 bridgehead atoms. The fraction of sp³-hybridized carbons (Fsp3) is 0.435. The molecule has 4 N–H and O–H groups in total. The predicted octanol–water partition coefficient (Wildman–Crippen LogP) is 7.42. The number of aryl methyl sites for hydroxylation is 1. The van der Waals surface area contributed by atoms with E-state index in [1.54, 1.807) is 28.3 Å². The number of halogens is 1. The van der Waals surface area contributed by atoms with Gasteiger partial charge in [-0.15, -0.1) is 10.2 Å². The van der Waals surface area contributed by atoms with E-state index in [4.69, 9.17) is 19.2 Å². The van der Waals surface area contributed by atoms with E-state index in [0.717, 1.165) is 40.0 Å². The summed E-state index contributed by atoms with van der Waals surface area (Å²) in [5.41, 5.74) is 4.31. The number of imidazole rings is 2. The highest BCUT2D eigenvalue weighted by Crippen LogP contribution is 2.48. The van der Waals surface area contributed by atoms with Crippen molar-refractivity contribution in [3.8, 4) is 39.5 Å². The summed E-state index contributed by atoms with van der Waals surface area (Å²) < 4.78 is 35.0. The highest BCUT2D eigenvalue weighted by atomic mass is 32.1. The zero-order chi connectivity index (χ0) is 46.6. The zero-order valence-electron chi connectivity index (χ0n) is 37.7. The molecule has 3 aliphatic heterocycles. The number of hydrogen-bond acceptors (Lipinski definition) is 12. The number of fused-ring (bicyclic) bond motifs is 5. The number of H-pyrrole nitrogens is 2. The third-order valence-electron chi connectivity index (χ3n) is 12.7. The Hall–Kier alpha value is -6.83. The largest absolute Gasteiger partial charge is 0.462 e. The second-order valence-electron chi connectivity index (χ2n) is 17.6. The molecule has 0 saturated carbocycles. The predicted molar refractivity (Wildman–Crippen MR) is 242 cm³/mol. The Bertz CT molecular complexity index is 2830. The zero-order valence-corrected chi connectivity index (χ0v) is 38.5. The lowest BCUT2D eigenvalue weighted by molar-refractivity contribution is -0.136. The van der Waals surface area contributed by atoms with Gasteiger partial charge in [0.2, 0.25) is 18.0 Å². The van der Waals surface area contributed by atoms with Crippen LogP contribution in [0.25, 0.3) is 44.7 Å². The fourth-order valence-corrected chi connectivity index (χ4v) is 10.1. The number of hydrogen-bond donors (Lipinski definition) is 4. The molecule has 4 amide bonds. The lowest BCUT2D eigenvalue weighted by Crippen LogP contribution is -2.51. The van der Waals surface area contributed by atoms with Gasteiger partial charge in [0, 0.05) is 29.6 Å². The first-order chi connectivity index (χ1) is 31.7. The smallest absolute Gasteiger partial charge is 0.407 e. The summed E-state index contributed by atoms with van der Waals surface area (Å²) >= 11 is 1.39. The molecule has 20 heteroatoms. The molecule has 3 aliphatic rings. The van der Waals surface area contributed by atoms with Crippen molar-refractivity contribution in [2.45, 2.75) is 90.7 Å². The topological polar surface area (TPSA) is 215 Å². The minimum Gasteiger partial charge on any atom is -0.462 e. The van der Waals surface area contributed by atoms with Gasteiger partial charge in [-0.2, -0.15) is 0 Å². The number of aromatic amines is 2. The first-order valence-electron chi connectivity index (χ1n) is 22.1. The van der Waals surface area contributed by atoms with Crippen LogP contribution >= 0.6 is 11.3 Å². The van der Waals surface area contributed by atoms with Gasteiger partial charge in [-0.3, -0.25) is 14.2 Å². The quantitative estimate of drug-likeness (QED) is 0.100. The van der Waals surface area contributed by atoms with Gasteiger partial charge >= 0.3 is 12.2 Å².